The zero-order chi connectivity index (χ0) is 6.48. The van der Waals surface area contributed by atoms with E-state index in [-0.39, 0.29) is 11.0 Å². The third-order valence-corrected chi connectivity index (χ3v) is 3.12. The van der Waals surface area contributed by atoms with Crippen LogP contribution in [-0.2, 0) is 9.59 Å². The number of carbonyl (C=O) groups is 2. The minimum atomic E-state index is -0.565. The molecule has 1 N–H and O–H groups in total. The van der Waals surface area contributed by atoms with Crippen LogP contribution in [0.25, 0.3) is 0 Å². The zero-order valence-electron chi connectivity index (χ0n) is 4.64. The van der Waals surface area contributed by atoms with Gasteiger partial charge in [0.25, 0.3) is 0 Å². The standard InChI is InChI=1S/C5H5NO2S/c7-3-5(1-6-3)2-9-4(5)8/h1-2H2,(H,6,7). The Morgan fingerprint density at radius 1 is 1.56 bits per heavy atom. The summed E-state index contributed by atoms with van der Waals surface area (Å²) in [6.07, 6.45) is 0. The van der Waals surface area contributed by atoms with E-state index in [1.54, 1.807) is 0 Å². The molecule has 0 radical (unpaired) electrons. The van der Waals surface area contributed by atoms with E-state index in [0.29, 0.717) is 12.3 Å². The lowest BCUT2D eigenvalue weighted by molar-refractivity contribution is -0.145. The fourth-order valence-electron chi connectivity index (χ4n) is 0.961. The number of rotatable bonds is 0. The lowest BCUT2D eigenvalue weighted by Gasteiger charge is -2.44. The maximum Gasteiger partial charge on any atom is 0.237 e. The molecule has 1 spiro atoms. The molecule has 1 atom stereocenters. The third-order valence-electron chi connectivity index (χ3n) is 1.83. The molecule has 2 saturated heterocycles. The van der Waals surface area contributed by atoms with E-state index in [1.165, 1.54) is 11.8 Å². The Morgan fingerprint density at radius 2 is 2.33 bits per heavy atom. The van der Waals surface area contributed by atoms with Crippen molar-refractivity contribution in [3.8, 4) is 0 Å². The number of β-lactam (4-membered cyclic amide) rings is 1. The molecule has 1 unspecified atom stereocenters. The van der Waals surface area contributed by atoms with E-state index < -0.39 is 5.41 Å². The molecule has 2 heterocycles. The molecule has 9 heavy (non-hydrogen) atoms. The summed E-state index contributed by atoms with van der Waals surface area (Å²) in [5.41, 5.74) is -0.565. The number of hydrogen-bond donors (Lipinski definition) is 1. The fraction of sp³-hybridized carbons (Fsp3) is 0.600. The number of nitrogens with one attached hydrogen (secondary N) is 1. The lowest BCUT2D eigenvalue weighted by atomic mass is 9.83. The SMILES string of the molecule is O=C1NCC12CSC2=O. The largest absolute Gasteiger partial charge is 0.354 e. The van der Waals surface area contributed by atoms with Gasteiger partial charge in [-0.2, -0.15) is 0 Å². The maximum absolute atomic E-state index is 10.7. The van der Waals surface area contributed by atoms with Crippen LogP contribution >= 0.6 is 11.8 Å². The van der Waals surface area contributed by atoms with Crippen molar-refractivity contribution in [2.24, 2.45) is 5.41 Å². The van der Waals surface area contributed by atoms with Crippen molar-refractivity contribution in [2.75, 3.05) is 12.3 Å². The Balaban J connectivity index is 2.26. The van der Waals surface area contributed by atoms with Gasteiger partial charge in [-0.05, 0) is 0 Å². The second-order valence-electron chi connectivity index (χ2n) is 2.34. The van der Waals surface area contributed by atoms with Crippen molar-refractivity contribution < 1.29 is 9.59 Å². The van der Waals surface area contributed by atoms with Crippen LogP contribution in [0.4, 0.5) is 0 Å². The predicted octanol–water partition coefficient (Wildman–Crippen LogP) is -0.624. The Hall–Kier alpha value is -0.510. The Bertz CT molecular complexity index is 179. The van der Waals surface area contributed by atoms with Crippen molar-refractivity contribution in [2.45, 2.75) is 0 Å². The molecule has 2 fully saturated rings. The van der Waals surface area contributed by atoms with Crippen molar-refractivity contribution >= 4 is 22.8 Å². The highest BCUT2D eigenvalue weighted by Crippen LogP contribution is 2.43. The van der Waals surface area contributed by atoms with Crippen molar-refractivity contribution in [1.29, 1.82) is 0 Å². The zero-order valence-corrected chi connectivity index (χ0v) is 5.46. The summed E-state index contributed by atoms with van der Waals surface area (Å²) in [6.45, 7) is 0.567. The second-order valence-corrected chi connectivity index (χ2v) is 3.29. The second kappa shape index (κ2) is 1.31. The third kappa shape index (κ3) is 0.409. The molecule has 48 valence electrons. The van der Waals surface area contributed by atoms with Gasteiger partial charge in [-0.3, -0.25) is 9.59 Å². The number of carbonyl (C=O) groups excluding carboxylic acids is 2. The molecule has 0 saturated carbocycles. The first kappa shape index (κ1) is 5.29. The molecule has 2 aliphatic rings. The summed E-state index contributed by atoms with van der Waals surface area (Å²) in [6, 6.07) is 0. The molecule has 0 aromatic carbocycles. The molecule has 2 rings (SSSR count). The highest BCUT2D eigenvalue weighted by Gasteiger charge is 2.59. The van der Waals surface area contributed by atoms with Crippen molar-refractivity contribution in [3.63, 3.8) is 0 Å². The van der Waals surface area contributed by atoms with Gasteiger partial charge in [0.15, 0.2) is 0 Å². The van der Waals surface area contributed by atoms with Gasteiger partial charge in [-0.1, -0.05) is 11.8 Å². The van der Waals surface area contributed by atoms with E-state index in [0.717, 1.165) is 0 Å². The monoisotopic (exact) mass is 143 g/mol. The minimum Gasteiger partial charge on any atom is -0.354 e. The predicted molar refractivity (Wildman–Crippen MR) is 32.9 cm³/mol. The van der Waals surface area contributed by atoms with Crippen LogP contribution in [0.5, 0.6) is 0 Å². The van der Waals surface area contributed by atoms with Gasteiger partial charge in [0.2, 0.25) is 11.0 Å². The van der Waals surface area contributed by atoms with E-state index in [9.17, 15) is 9.59 Å². The molecule has 0 aromatic rings. The molecule has 0 aromatic heterocycles. The molecular formula is C5H5NO2S. The molecule has 0 bridgehead atoms. The van der Waals surface area contributed by atoms with Gasteiger partial charge in [0.05, 0.1) is 0 Å². The van der Waals surface area contributed by atoms with Gasteiger partial charge in [0.1, 0.15) is 5.41 Å². The van der Waals surface area contributed by atoms with Crippen LogP contribution in [-0.4, -0.2) is 23.3 Å². The number of amides is 1. The van der Waals surface area contributed by atoms with Crippen LogP contribution in [0, 0.1) is 5.41 Å². The van der Waals surface area contributed by atoms with Gasteiger partial charge in [0, 0.05) is 12.3 Å². The van der Waals surface area contributed by atoms with E-state index in [2.05, 4.69) is 5.32 Å². The quantitative estimate of drug-likeness (QED) is 0.363. The molecule has 2 aliphatic heterocycles. The summed E-state index contributed by atoms with van der Waals surface area (Å²) in [5, 5.41) is 2.61. The van der Waals surface area contributed by atoms with Crippen LogP contribution in [0.2, 0.25) is 0 Å². The first-order valence-corrected chi connectivity index (χ1v) is 3.70. The highest BCUT2D eigenvalue weighted by atomic mass is 32.2. The van der Waals surface area contributed by atoms with Gasteiger partial charge < -0.3 is 5.32 Å². The Labute approximate surface area is 56.2 Å². The molecule has 1 amide bonds. The molecule has 3 nitrogen and oxygen atoms in total. The number of thioether (sulfide) groups is 1. The summed E-state index contributed by atoms with van der Waals surface area (Å²) >= 11 is 1.25. The number of hydrogen-bond acceptors (Lipinski definition) is 3. The highest BCUT2D eigenvalue weighted by molar-refractivity contribution is 8.16. The molecule has 4 heteroatoms. The average Bonchev–Trinajstić information content (AvgIpc) is 1.82. The topological polar surface area (TPSA) is 46.2 Å². The fourth-order valence-corrected chi connectivity index (χ4v) is 1.97. The van der Waals surface area contributed by atoms with Crippen molar-refractivity contribution in [3.05, 3.63) is 0 Å². The lowest BCUT2D eigenvalue weighted by Crippen LogP contribution is -2.68. The summed E-state index contributed by atoms with van der Waals surface area (Å²) in [4.78, 5) is 21.4. The first-order chi connectivity index (χ1) is 4.26. The van der Waals surface area contributed by atoms with Gasteiger partial charge >= 0.3 is 0 Å². The smallest absolute Gasteiger partial charge is 0.237 e. The van der Waals surface area contributed by atoms with Gasteiger partial charge in [-0.15, -0.1) is 0 Å². The van der Waals surface area contributed by atoms with Crippen LogP contribution < -0.4 is 5.32 Å². The minimum absolute atomic E-state index is 0.0475. The summed E-state index contributed by atoms with van der Waals surface area (Å²) in [5.74, 6) is 0.615. The van der Waals surface area contributed by atoms with Crippen molar-refractivity contribution in [1.82, 2.24) is 5.32 Å². The van der Waals surface area contributed by atoms with E-state index in [1.807, 2.05) is 0 Å². The van der Waals surface area contributed by atoms with E-state index >= 15 is 0 Å². The normalized spacial score (nSPS) is 39.6. The molecular weight excluding hydrogens is 138 g/mol. The molecule has 0 aliphatic carbocycles. The summed E-state index contributed by atoms with van der Waals surface area (Å²) < 4.78 is 0. The average molecular weight is 143 g/mol. The van der Waals surface area contributed by atoms with Crippen LogP contribution in [0.1, 0.15) is 0 Å². The Kier molecular flexibility index (Phi) is 0.773. The van der Waals surface area contributed by atoms with Crippen LogP contribution in [0.15, 0.2) is 0 Å². The Morgan fingerprint density at radius 3 is 2.33 bits per heavy atom. The maximum atomic E-state index is 10.7. The van der Waals surface area contributed by atoms with Crippen LogP contribution in [0.3, 0.4) is 0 Å². The van der Waals surface area contributed by atoms with E-state index in [4.69, 9.17) is 0 Å². The summed E-state index contributed by atoms with van der Waals surface area (Å²) in [7, 11) is 0. The van der Waals surface area contributed by atoms with Gasteiger partial charge in [-0.25, -0.2) is 0 Å². The first-order valence-electron chi connectivity index (χ1n) is 2.71.